The Bertz CT molecular complexity index is 525. The number of aryl methyl sites for hydroxylation is 1. The van der Waals surface area contributed by atoms with E-state index in [1.807, 2.05) is 17.8 Å². The van der Waals surface area contributed by atoms with E-state index >= 15 is 0 Å². The van der Waals surface area contributed by atoms with Crippen LogP contribution in [0.25, 0.3) is 0 Å². The molecule has 0 saturated heterocycles. The van der Waals surface area contributed by atoms with Gasteiger partial charge in [0.2, 0.25) is 0 Å². The molecule has 0 aliphatic rings. The minimum atomic E-state index is -0.585. The van der Waals surface area contributed by atoms with Gasteiger partial charge in [-0.15, -0.1) is 0 Å². The summed E-state index contributed by atoms with van der Waals surface area (Å²) in [5.41, 5.74) is 0.810. The third-order valence-electron chi connectivity index (χ3n) is 2.79. The summed E-state index contributed by atoms with van der Waals surface area (Å²) in [4.78, 5) is 4.22. The fourth-order valence-electron chi connectivity index (χ4n) is 1.73. The second kappa shape index (κ2) is 5.64. The number of nitrogens with zero attached hydrogens (tertiary/aromatic N) is 2. The third kappa shape index (κ3) is 3.07. The quantitative estimate of drug-likeness (QED) is 0.791. The number of benzene rings is 1. The van der Waals surface area contributed by atoms with Gasteiger partial charge in [-0.3, -0.25) is 0 Å². The number of hydrogen-bond acceptors (Lipinski definition) is 3. The van der Waals surface area contributed by atoms with Crippen LogP contribution in [0.5, 0.6) is 5.75 Å². The minimum absolute atomic E-state index is 0.313. The summed E-state index contributed by atoms with van der Waals surface area (Å²) < 4.78 is 15.0. The number of aromatic nitrogens is 2. The maximum Gasteiger partial charge on any atom is 0.165 e. The Morgan fingerprint density at radius 1 is 1.44 bits per heavy atom. The molecule has 2 N–H and O–H groups in total. The van der Waals surface area contributed by atoms with E-state index in [4.69, 9.17) is 5.11 Å². The van der Waals surface area contributed by atoms with Crippen LogP contribution >= 0.6 is 0 Å². The standard InChI is InChI=1S/C13H16FN3O/c1-17-7-6-16-13(17)4-5-15-9-10-2-3-12(18)11(14)8-10/h2-3,6-8,15,18H,4-5,9H2,1H3. The van der Waals surface area contributed by atoms with Crippen molar-refractivity contribution in [3.63, 3.8) is 0 Å². The van der Waals surface area contributed by atoms with Crippen molar-refractivity contribution < 1.29 is 9.50 Å². The topological polar surface area (TPSA) is 50.1 Å². The van der Waals surface area contributed by atoms with Crippen LogP contribution in [0.15, 0.2) is 30.6 Å². The zero-order valence-corrected chi connectivity index (χ0v) is 10.2. The van der Waals surface area contributed by atoms with Crippen molar-refractivity contribution in [2.75, 3.05) is 6.54 Å². The van der Waals surface area contributed by atoms with Crippen LogP contribution in [0.2, 0.25) is 0 Å². The van der Waals surface area contributed by atoms with E-state index in [1.165, 1.54) is 12.1 Å². The number of halogens is 1. The number of nitrogens with one attached hydrogen (secondary N) is 1. The predicted molar refractivity (Wildman–Crippen MR) is 66.7 cm³/mol. The van der Waals surface area contributed by atoms with E-state index < -0.39 is 5.82 Å². The summed E-state index contributed by atoms with van der Waals surface area (Å²) in [6, 6.07) is 4.40. The zero-order chi connectivity index (χ0) is 13.0. The number of hydrogen-bond donors (Lipinski definition) is 2. The highest BCUT2D eigenvalue weighted by molar-refractivity contribution is 5.27. The Morgan fingerprint density at radius 3 is 2.94 bits per heavy atom. The van der Waals surface area contributed by atoms with Crippen molar-refractivity contribution in [1.29, 1.82) is 0 Å². The van der Waals surface area contributed by atoms with Crippen molar-refractivity contribution in [2.45, 2.75) is 13.0 Å². The van der Waals surface area contributed by atoms with Gasteiger partial charge in [-0.1, -0.05) is 6.07 Å². The van der Waals surface area contributed by atoms with Gasteiger partial charge in [0.05, 0.1) is 0 Å². The second-order valence-electron chi connectivity index (χ2n) is 4.17. The summed E-state index contributed by atoms with van der Waals surface area (Å²) in [6.07, 6.45) is 4.50. The molecule has 0 bridgehead atoms. The molecule has 96 valence electrons. The first-order valence-electron chi connectivity index (χ1n) is 5.81. The van der Waals surface area contributed by atoms with Crippen LogP contribution in [0.3, 0.4) is 0 Å². The van der Waals surface area contributed by atoms with Gasteiger partial charge >= 0.3 is 0 Å². The number of rotatable bonds is 5. The summed E-state index contributed by atoms with van der Waals surface area (Å²) in [7, 11) is 1.96. The van der Waals surface area contributed by atoms with E-state index in [0.29, 0.717) is 6.54 Å². The molecule has 1 aromatic carbocycles. The monoisotopic (exact) mass is 249 g/mol. The van der Waals surface area contributed by atoms with E-state index in [2.05, 4.69) is 10.3 Å². The Labute approximate surface area is 105 Å². The molecule has 0 fully saturated rings. The molecule has 2 rings (SSSR count). The molecule has 5 heteroatoms. The Kier molecular flexibility index (Phi) is 3.94. The SMILES string of the molecule is Cn1ccnc1CCNCc1ccc(O)c(F)c1. The lowest BCUT2D eigenvalue weighted by Gasteiger charge is -2.06. The molecule has 1 heterocycles. The van der Waals surface area contributed by atoms with Gasteiger partial charge in [0.1, 0.15) is 5.82 Å². The first-order valence-corrected chi connectivity index (χ1v) is 5.81. The van der Waals surface area contributed by atoms with Crippen LogP contribution in [0.1, 0.15) is 11.4 Å². The van der Waals surface area contributed by atoms with Crippen molar-refractivity contribution >= 4 is 0 Å². The van der Waals surface area contributed by atoms with Crippen LogP contribution in [0, 0.1) is 5.82 Å². The molecule has 0 atom stereocenters. The lowest BCUT2D eigenvalue weighted by molar-refractivity contribution is 0.431. The first kappa shape index (κ1) is 12.6. The first-order chi connectivity index (χ1) is 8.66. The molecule has 0 aliphatic carbocycles. The van der Waals surface area contributed by atoms with E-state index in [0.717, 1.165) is 24.4 Å². The zero-order valence-electron chi connectivity index (χ0n) is 10.2. The fourth-order valence-corrected chi connectivity index (χ4v) is 1.73. The summed E-state index contributed by atoms with van der Waals surface area (Å²) >= 11 is 0. The predicted octanol–water partition coefficient (Wildman–Crippen LogP) is 1.60. The Morgan fingerprint density at radius 2 is 2.28 bits per heavy atom. The van der Waals surface area contributed by atoms with Crippen molar-refractivity contribution in [2.24, 2.45) is 7.05 Å². The van der Waals surface area contributed by atoms with E-state index in [9.17, 15) is 4.39 Å². The van der Waals surface area contributed by atoms with Gasteiger partial charge in [-0.25, -0.2) is 9.37 Å². The highest BCUT2D eigenvalue weighted by atomic mass is 19.1. The summed E-state index contributed by atoms with van der Waals surface area (Å²) in [5.74, 6) is 0.115. The highest BCUT2D eigenvalue weighted by Crippen LogP contribution is 2.15. The van der Waals surface area contributed by atoms with Crippen LogP contribution < -0.4 is 5.32 Å². The summed E-state index contributed by atoms with van der Waals surface area (Å²) in [5, 5.41) is 12.3. The maximum absolute atomic E-state index is 13.1. The van der Waals surface area contributed by atoms with Crippen molar-refractivity contribution in [3.8, 4) is 5.75 Å². The van der Waals surface area contributed by atoms with Crippen LogP contribution in [-0.2, 0) is 20.0 Å². The number of phenols is 1. The molecule has 0 radical (unpaired) electrons. The van der Waals surface area contributed by atoms with Gasteiger partial charge in [0, 0.05) is 39.0 Å². The largest absolute Gasteiger partial charge is 0.505 e. The number of imidazole rings is 1. The van der Waals surface area contributed by atoms with Crippen molar-refractivity contribution in [3.05, 3.63) is 47.8 Å². The number of aromatic hydroxyl groups is 1. The van der Waals surface area contributed by atoms with Crippen LogP contribution in [-0.4, -0.2) is 21.2 Å². The summed E-state index contributed by atoms with van der Waals surface area (Å²) in [6.45, 7) is 1.34. The van der Waals surface area contributed by atoms with Gasteiger partial charge in [0.25, 0.3) is 0 Å². The van der Waals surface area contributed by atoms with E-state index in [1.54, 1.807) is 12.3 Å². The van der Waals surface area contributed by atoms with Crippen LogP contribution in [0.4, 0.5) is 4.39 Å². The normalized spacial score (nSPS) is 10.8. The van der Waals surface area contributed by atoms with Crippen molar-refractivity contribution in [1.82, 2.24) is 14.9 Å². The second-order valence-corrected chi connectivity index (χ2v) is 4.17. The lowest BCUT2D eigenvalue weighted by atomic mass is 10.2. The fraction of sp³-hybridized carbons (Fsp3) is 0.308. The lowest BCUT2D eigenvalue weighted by Crippen LogP contribution is -2.18. The molecular formula is C13H16FN3O. The van der Waals surface area contributed by atoms with Gasteiger partial charge in [-0.05, 0) is 17.7 Å². The average Bonchev–Trinajstić information content (AvgIpc) is 2.75. The molecule has 0 amide bonds. The molecule has 18 heavy (non-hydrogen) atoms. The van der Waals surface area contributed by atoms with Gasteiger partial charge < -0.3 is 15.0 Å². The molecule has 0 saturated carbocycles. The average molecular weight is 249 g/mol. The molecule has 0 spiro atoms. The highest BCUT2D eigenvalue weighted by Gasteiger charge is 2.02. The molecule has 4 nitrogen and oxygen atoms in total. The van der Waals surface area contributed by atoms with Gasteiger partial charge in [0.15, 0.2) is 11.6 Å². The Hall–Kier alpha value is -1.88. The molecule has 2 aromatic rings. The molecule has 1 aromatic heterocycles. The molecule has 0 unspecified atom stereocenters. The van der Waals surface area contributed by atoms with E-state index in [-0.39, 0.29) is 5.75 Å². The third-order valence-corrected chi connectivity index (χ3v) is 2.79. The van der Waals surface area contributed by atoms with Gasteiger partial charge in [-0.2, -0.15) is 0 Å². The maximum atomic E-state index is 13.1. The molecule has 0 aliphatic heterocycles. The smallest absolute Gasteiger partial charge is 0.165 e. The number of phenolic OH excluding ortho intramolecular Hbond substituents is 1. The molecular weight excluding hydrogens is 233 g/mol. The minimum Gasteiger partial charge on any atom is -0.505 e. The Balaban J connectivity index is 1.78.